The van der Waals surface area contributed by atoms with Gasteiger partial charge < -0.3 is 5.32 Å². The van der Waals surface area contributed by atoms with Crippen LogP contribution >= 0.6 is 11.6 Å². The van der Waals surface area contributed by atoms with Crippen LogP contribution in [0.15, 0.2) is 0 Å². The Morgan fingerprint density at radius 2 is 2.20 bits per heavy atom. The van der Waals surface area contributed by atoms with Crippen molar-refractivity contribution in [2.75, 3.05) is 13.1 Å². The fourth-order valence-corrected chi connectivity index (χ4v) is 3.95. The molecule has 1 aromatic heterocycles. The number of aromatic nitrogens is 2. The van der Waals surface area contributed by atoms with Crippen molar-refractivity contribution >= 4 is 11.6 Å². The molecular formula is C15H25ClN4. The number of hydrogen-bond donors (Lipinski definition) is 1. The molecule has 5 heteroatoms. The molecular weight excluding hydrogens is 272 g/mol. The lowest BCUT2D eigenvalue weighted by molar-refractivity contribution is 0.201. The molecule has 2 aliphatic heterocycles. The number of rotatable bonds is 4. The fraction of sp³-hybridized carbons (Fsp3) is 0.800. The zero-order valence-electron chi connectivity index (χ0n) is 12.5. The van der Waals surface area contributed by atoms with Crippen LogP contribution in [0.2, 0.25) is 5.02 Å². The predicted molar refractivity (Wildman–Crippen MR) is 82.1 cm³/mol. The van der Waals surface area contributed by atoms with Gasteiger partial charge in [0.05, 0.1) is 16.4 Å². The molecule has 2 fully saturated rings. The van der Waals surface area contributed by atoms with E-state index in [0.29, 0.717) is 12.1 Å². The van der Waals surface area contributed by atoms with Crippen molar-refractivity contribution in [3.8, 4) is 0 Å². The molecule has 112 valence electrons. The molecule has 2 aliphatic rings. The molecule has 3 rings (SSSR count). The number of halogens is 1. The van der Waals surface area contributed by atoms with E-state index in [0.717, 1.165) is 23.8 Å². The summed E-state index contributed by atoms with van der Waals surface area (Å²) in [4.78, 5) is 2.61. The van der Waals surface area contributed by atoms with Crippen molar-refractivity contribution in [2.45, 2.75) is 64.7 Å². The standard InChI is InChI=1S/C15H25ClN4/c1-3-20-14(15(16)11(2)18-20)10-19-9-5-7-13(19)12-6-4-8-17-12/h12-13,17H,3-10H2,1-2H3. The lowest BCUT2D eigenvalue weighted by Gasteiger charge is -2.29. The molecule has 2 saturated heterocycles. The van der Waals surface area contributed by atoms with E-state index in [1.54, 1.807) is 0 Å². The first-order valence-electron chi connectivity index (χ1n) is 7.90. The van der Waals surface area contributed by atoms with Crippen LogP contribution in [-0.2, 0) is 13.1 Å². The summed E-state index contributed by atoms with van der Waals surface area (Å²) in [6, 6.07) is 1.35. The van der Waals surface area contributed by atoms with Gasteiger partial charge in [0.15, 0.2) is 0 Å². The summed E-state index contributed by atoms with van der Waals surface area (Å²) in [5, 5.41) is 9.06. The molecule has 0 aromatic carbocycles. The molecule has 20 heavy (non-hydrogen) atoms. The Labute approximate surface area is 126 Å². The van der Waals surface area contributed by atoms with Crippen LogP contribution in [0.4, 0.5) is 0 Å². The normalized spacial score (nSPS) is 27.6. The third-order valence-corrected chi connectivity index (χ3v) is 5.27. The van der Waals surface area contributed by atoms with Crippen LogP contribution in [0, 0.1) is 6.92 Å². The van der Waals surface area contributed by atoms with E-state index in [9.17, 15) is 0 Å². The van der Waals surface area contributed by atoms with E-state index >= 15 is 0 Å². The summed E-state index contributed by atoms with van der Waals surface area (Å²) in [5.41, 5.74) is 2.15. The lowest BCUT2D eigenvalue weighted by atomic mass is 10.0. The summed E-state index contributed by atoms with van der Waals surface area (Å²) < 4.78 is 2.06. The van der Waals surface area contributed by atoms with Crippen molar-refractivity contribution in [1.82, 2.24) is 20.0 Å². The van der Waals surface area contributed by atoms with E-state index < -0.39 is 0 Å². The third kappa shape index (κ3) is 2.61. The van der Waals surface area contributed by atoms with Gasteiger partial charge in [-0.15, -0.1) is 0 Å². The molecule has 3 heterocycles. The van der Waals surface area contributed by atoms with E-state index in [4.69, 9.17) is 11.6 Å². The Morgan fingerprint density at radius 1 is 1.35 bits per heavy atom. The molecule has 2 atom stereocenters. The minimum atomic E-state index is 0.675. The number of hydrogen-bond acceptors (Lipinski definition) is 3. The quantitative estimate of drug-likeness (QED) is 0.927. The molecule has 0 saturated carbocycles. The maximum atomic E-state index is 6.45. The van der Waals surface area contributed by atoms with Gasteiger partial charge >= 0.3 is 0 Å². The van der Waals surface area contributed by atoms with Gasteiger partial charge in [-0.25, -0.2) is 0 Å². The Hall–Kier alpha value is -0.580. The second kappa shape index (κ2) is 6.04. The van der Waals surface area contributed by atoms with Crippen molar-refractivity contribution in [1.29, 1.82) is 0 Å². The first-order chi connectivity index (χ1) is 9.70. The summed E-state index contributed by atoms with van der Waals surface area (Å²) >= 11 is 6.45. The second-order valence-electron chi connectivity index (χ2n) is 6.04. The highest BCUT2D eigenvalue weighted by Gasteiger charge is 2.34. The van der Waals surface area contributed by atoms with Crippen LogP contribution in [0.3, 0.4) is 0 Å². The van der Waals surface area contributed by atoms with Gasteiger partial charge in [-0.05, 0) is 52.6 Å². The number of aryl methyl sites for hydroxylation is 2. The van der Waals surface area contributed by atoms with Gasteiger partial charge in [-0.3, -0.25) is 9.58 Å². The number of likely N-dealkylation sites (tertiary alicyclic amines) is 1. The Kier molecular flexibility index (Phi) is 4.34. The van der Waals surface area contributed by atoms with E-state index in [1.807, 2.05) is 6.92 Å². The minimum Gasteiger partial charge on any atom is -0.312 e. The number of nitrogens with zero attached hydrogens (tertiary/aromatic N) is 3. The molecule has 1 N–H and O–H groups in total. The molecule has 0 amide bonds. The minimum absolute atomic E-state index is 0.675. The molecule has 0 bridgehead atoms. The van der Waals surface area contributed by atoms with Crippen LogP contribution < -0.4 is 5.32 Å². The Morgan fingerprint density at radius 3 is 2.90 bits per heavy atom. The highest BCUT2D eigenvalue weighted by molar-refractivity contribution is 6.31. The first kappa shape index (κ1) is 14.4. The van der Waals surface area contributed by atoms with Crippen LogP contribution in [-0.4, -0.2) is 39.9 Å². The SMILES string of the molecule is CCn1nc(C)c(Cl)c1CN1CCCC1C1CCCN1. The zero-order valence-corrected chi connectivity index (χ0v) is 13.3. The van der Waals surface area contributed by atoms with E-state index in [1.165, 1.54) is 44.5 Å². The summed E-state index contributed by atoms with van der Waals surface area (Å²) in [6.07, 6.45) is 5.26. The highest BCUT2D eigenvalue weighted by atomic mass is 35.5. The molecule has 0 radical (unpaired) electrons. The highest BCUT2D eigenvalue weighted by Crippen LogP contribution is 2.29. The zero-order chi connectivity index (χ0) is 14.1. The fourth-order valence-electron chi connectivity index (χ4n) is 3.76. The molecule has 2 unspecified atom stereocenters. The topological polar surface area (TPSA) is 33.1 Å². The largest absolute Gasteiger partial charge is 0.312 e. The summed E-state index contributed by atoms with van der Waals surface area (Å²) in [7, 11) is 0. The van der Waals surface area contributed by atoms with E-state index in [-0.39, 0.29) is 0 Å². The van der Waals surface area contributed by atoms with Crippen molar-refractivity contribution < 1.29 is 0 Å². The monoisotopic (exact) mass is 296 g/mol. The Bertz CT molecular complexity index is 465. The van der Waals surface area contributed by atoms with Gasteiger partial charge in [-0.1, -0.05) is 11.6 Å². The average molecular weight is 297 g/mol. The average Bonchev–Trinajstić information content (AvgIpc) is 3.15. The third-order valence-electron chi connectivity index (χ3n) is 4.78. The maximum Gasteiger partial charge on any atom is 0.0860 e. The predicted octanol–water partition coefficient (Wildman–Crippen LogP) is 2.58. The number of nitrogens with one attached hydrogen (secondary N) is 1. The van der Waals surface area contributed by atoms with Gasteiger partial charge in [0.2, 0.25) is 0 Å². The van der Waals surface area contributed by atoms with Crippen LogP contribution in [0.25, 0.3) is 0 Å². The summed E-state index contributed by atoms with van der Waals surface area (Å²) in [5.74, 6) is 0. The molecule has 0 aliphatic carbocycles. The van der Waals surface area contributed by atoms with Gasteiger partial charge in [-0.2, -0.15) is 5.10 Å². The van der Waals surface area contributed by atoms with Gasteiger partial charge in [0.25, 0.3) is 0 Å². The lowest BCUT2D eigenvalue weighted by Crippen LogP contribution is -2.43. The van der Waals surface area contributed by atoms with Crippen LogP contribution in [0.5, 0.6) is 0 Å². The Balaban J connectivity index is 1.76. The van der Waals surface area contributed by atoms with Crippen molar-refractivity contribution in [3.63, 3.8) is 0 Å². The van der Waals surface area contributed by atoms with Gasteiger partial charge in [0, 0.05) is 25.2 Å². The van der Waals surface area contributed by atoms with Crippen molar-refractivity contribution in [2.24, 2.45) is 0 Å². The molecule has 4 nitrogen and oxygen atoms in total. The summed E-state index contributed by atoms with van der Waals surface area (Å²) in [6.45, 7) is 8.33. The maximum absolute atomic E-state index is 6.45. The first-order valence-corrected chi connectivity index (χ1v) is 8.27. The van der Waals surface area contributed by atoms with Gasteiger partial charge in [0.1, 0.15) is 0 Å². The molecule has 1 aromatic rings. The van der Waals surface area contributed by atoms with Crippen molar-refractivity contribution in [3.05, 3.63) is 16.4 Å². The molecule has 0 spiro atoms. The smallest absolute Gasteiger partial charge is 0.0860 e. The van der Waals surface area contributed by atoms with Crippen LogP contribution in [0.1, 0.15) is 44.0 Å². The van der Waals surface area contributed by atoms with E-state index in [2.05, 4.69) is 26.9 Å². The second-order valence-corrected chi connectivity index (χ2v) is 6.42.